The van der Waals surface area contributed by atoms with E-state index in [1.54, 1.807) is 20.2 Å². The van der Waals surface area contributed by atoms with Crippen molar-refractivity contribution in [2.75, 3.05) is 25.2 Å². The van der Waals surface area contributed by atoms with E-state index in [2.05, 4.69) is 5.10 Å². The second-order valence-corrected chi connectivity index (χ2v) is 7.84. The largest absolute Gasteiger partial charge is 0.504 e. The Morgan fingerprint density at radius 1 is 1.34 bits per heavy atom. The maximum Gasteiger partial charge on any atom is 0.306 e. The van der Waals surface area contributed by atoms with Crippen molar-refractivity contribution in [2.45, 2.75) is 19.8 Å². The van der Waals surface area contributed by atoms with Crippen LogP contribution in [-0.2, 0) is 4.79 Å². The summed E-state index contributed by atoms with van der Waals surface area (Å²) in [5, 5.41) is 28.2. The van der Waals surface area contributed by atoms with Crippen molar-refractivity contribution in [3.8, 4) is 21.9 Å². The Morgan fingerprint density at radius 2 is 2.00 bits per heavy atom. The Hall–Kier alpha value is -2.65. The second-order valence-electron chi connectivity index (χ2n) is 6.59. The fourth-order valence-electron chi connectivity index (χ4n) is 3.22. The zero-order valence-electron chi connectivity index (χ0n) is 16.2. The average Bonchev–Trinajstić information content (AvgIpc) is 3.12. The lowest BCUT2D eigenvalue weighted by atomic mass is 9.97. The zero-order chi connectivity index (χ0) is 21.0. The molecule has 1 aliphatic heterocycles. The highest BCUT2D eigenvalue weighted by Crippen LogP contribution is 2.44. The van der Waals surface area contributed by atoms with Crippen LogP contribution in [-0.4, -0.2) is 52.6 Å². The first kappa shape index (κ1) is 21.1. The molecule has 1 saturated heterocycles. The van der Waals surface area contributed by atoms with Crippen molar-refractivity contribution >= 4 is 46.5 Å². The molecular weight excluding hydrogens is 410 g/mol. The van der Waals surface area contributed by atoms with Crippen LogP contribution < -0.4 is 9.75 Å². The highest BCUT2D eigenvalue weighted by Gasteiger charge is 2.29. The molecular formula is C20H23N3O4S2. The minimum absolute atomic E-state index is 0.105. The highest BCUT2D eigenvalue weighted by molar-refractivity contribution is 7.80. The summed E-state index contributed by atoms with van der Waals surface area (Å²) in [5.74, 6) is -0.256. The zero-order valence-corrected chi connectivity index (χ0v) is 17.9. The third kappa shape index (κ3) is 4.51. The van der Waals surface area contributed by atoms with E-state index in [9.17, 15) is 15.0 Å². The standard InChI is InChI=1S/C20H23N3O4S2/c1-3-21-23(20(28)22-10-8-14(9-11-22)19(25)26)16-12-29-18(17(16)24)13-4-6-15(27-2)7-5-13/h3-7,12,14,24H,8-11H2,1-2H3,(H,25,26)/b21-3+. The number of likely N-dealkylation sites (tertiary alicyclic amines) is 1. The number of aliphatic carboxylic acids is 1. The SMILES string of the molecule is C/C=N/N(C(=S)N1CCC(C(=O)O)CC1)c1csc(-c2ccc(OC)cc2)c1O. The third-order valence-electron chi connectivity index (χ3n) is 4.85. The van der Waals surface area contributed by atoms with Gasteiger partial charge in [-0.25, -0.2) is 5.01 Å². The summed E-state index contributed by atoms with van der Waals surface area (Å²) in [4.78, 5) is 13.8. The van der Waals surface area contributed by atoms with Gasteiger partial charge in [0, 0.05) is 24.7 Å². The van der Waals surface area contributed by atoms with Gasteiger partial charge in [0.05, 0.1) is 17.9 Å². The van der Waals surface area contributed by atoms with Crippen LogP contribution in [0.1, 0.15) is 19.8 Å². The van der Waals surface area contributed by atoms with Crippen LogP contribution in [0.4, 0.5) is 5.69 Å². The van der Waals surface area contributed by atoms with Crippen LogP contribution >= 0.6 is 23.6 Å². The number of rotatable bonds is 5. The predicted octanol–water partition coefficient (Wildman–Crippen LogP) is 4.02. The molecule has 0 radical (unpaired) electrons. The van der Waals surface area contributed by atoms with Crippen LogP contribution in [0.2, 0.25) is 0 Å². The first-order valence-corrected chi connectivity index (χ1v) is 10.5. The van der Waals surface area contributed by atoms with Gasteiger partial charge in [0.1, 0.15) is 11.4 Å². The van der Waals surface area contributed by atoms with Crippen molar-refractivity contribution < 1.29 is 19.7 Å². The highest BCUT2D eigenvalue weighted by atomic mass is 32.1. The molecule has 1 fully saturated rings. The number of ether oxygens (including phenoxy) is 1. The number of carboxylic acid groups (broad SMARTS) is 1. The van der Waals surface area contributed by atoms with Crippen LogP contribution in [0.5, 0.6) is 11.5 Å². The quantitative estimate of drug-likeness (QED) is 0.418. The molecule has 0 spiro atoms. The molecule has 154 valence electrons. The topological polar surface area (TPSA) is 85.6 Å². The fourth-order valence-corrected chi connectivity index (χ4v) is 4.48. The molecule has 7 nitrogen and oxygen atoms in total. The van der Waals surface area contributed by atoms with Gasteiger partial charge in [-0.1, -0.05) is 0 Å². The molecule has 29 heavy (non-hydrogen) atoms. The van der Waals surface area contributed by atoms with E-state index >= 15 is 0 Å². The minimum atomic E-state index is -0.765. The van der Waals surface area contributed by atoms with Gasteiger partial charge in [0.25, 0.3) is 0 Å². The number of piperidine rings is 1. The van der Waals surface area contributed by atoms with Gasteiger partial charge < -0.3 is 19.8 Å². The molecule has 0 amide bonds. The number of hydrogen-bond donors (Lipinski definition) is 2. The molecule has 2 aromatic rings. The van der Waals surface area contributed by atoms with Crippen molar-refractivity contribution in [2.24, 2.45) is 11.0 Å². The molecule has 1 aromatic carbocycles. The minimum Gasteiger partial charge on any atom is -0.504 e. The van der Waals surface area contributed by atoms with Crippen molar-refractivity contribution in [3.63, 3.8) is 0 Å². The molecule has 0 unspecified atom stereocenters. The Kier molecular flexibility index (Phi) is 6.71. The number of nitrogens with zero attached hydrogens (tertiary/aromatic N) is 3. The van der Waals surface area contributed by atoms with Crippen LogP contribution in [0.3, 0.4) is 0 Å². The maximum absolute atomic E-state index is 11.2. The van der Waals surface area contributed by atoms with E-state index in [4.69, 9.17) is 17.0 Å². The number of hydrazone groups is 1. The molecule has 0 atom stereocenters. The molecule has 2 N–H and O–H groups in total. The van der Waals surface area contributed by atoms with E-state index in [0.29, 0.717) is 41.6 Å². The normalized spacial score (nSPS) is 14.9. The Balaban J connectivity index is 1.83. The lowest BCUT2D eigenvalue weighted by Gasteiger charge is -2.35. The summed E-state index contributed by atoms with van der Waals surface area (Å²) in [6.45, 7) is 2.86. The summed E-state index contributed by atoms with van der Waals surface area (Å²) < 4.78 is 5.19. The van der Waals surface area contributed by atoms with Crippen molar-refractivity contribution in [3.05, 3.63) is 29.6 Å². The number of methoxy groups -OCH3 is 1. The van der Waals surface area contributed by atoms with E-state index < -0.39 is 5.97 Å². The van der Waals surface area contributed by atoms with E-state index in [1.807, 2.05) is 34.5 Å². The molecule has 3 rings (SSSR count). The Bertz CT molecular complexity index is 903. The van der Waals surface area contributed by atoms with Crippen molar-refractivity contribution in [1.82, 2.24) is 4.90 Å². The first-order chi connectivity index (χ1) is 14.0. The maximum atomic E-state index is 11.2. The smallest absolute Gasteiger partial charge is 0.306 e. The van der Waals surface area contributed by atoms with Gasteiger partial charge in [-0.3, -0.25) is 4.79 Å². The number of aromatic hydroxyl groups is 1. The Morgan fingerprint density at radius 3 is 2.55 bits per heavy atom. The number of benzene rings is 1. The number of thiophene rings is 1. The molecule has 0 saturated carbocycles. The third-order valence-corrected chi connectivity index (χ3v) is 6.29. The molecule has 1 aromatic heterocycles. The Labute approximate surface area is 178 Å². The van der Waals surface area contributed by atoms with E-state index in [0.717, 1.165) is 11.3 Å². The number of carboxylic acids is 1. The van der Waals surface area contributed by atoms with E-state index in [1.165, 1.54) is 16.3 Å². The van der Waals surface area contributed by atoms with Crippen molar-refractivity contribution in [1.29, 1.82) is 0 Å². The second kappa shape index (κ2) is 9.23. The molecule has 1 aliphatic rings. The van der Waals surface area contributed by atoms with Gasteiger partial charge >= 0.3 is 5.97 Å². The van der Waals surface area contributed by atoms with Crippen LogP contribution in [0.15, 0.2) is 34.7 Å². The lowest BCUT2D eigenvalue weighted by Crippen LogP contribution is -2.45. The monoisotopic (exact) mass is 433 g/mol. The summed E-state index contributed by atoms with van der Waals surface area (Å²) in [5.41, 5.74) is 1.37. The number of hydrogen-bond acceptors (Lipinski definition) is 6. The summed E-state index contributed by atoms with van der Waals surface area (Å²) in [6.07, 6.45) is 2.68. The van der Waals surface area contributed by atoms with Crippen LogP contribution in [0, 0.1) is 5.92 Å². The van der Waals surface area contributed by atoms with Gasteiger partial charge in [-0.15, -0.1) is 11.3 Å². The summed E-state index contributed by atoms with van der Waals surface area (Å²) in [7, 11) is 1.61. The van der Waals surface area contributed by atoms with Gasteiger partial charge in [0.2, 0.25) is 0 Å². The fraction of sp³-hybridized carbons (Fsp3) is 0.350. The van der Waals surface area contributed by atoms with Gasteiger partial charge in [-0.2, -0.15) is 5.10 Å². The predicted molar refractivity (Wildman–Crippen MR) is 119 cm³/mol. The van der Waals surface area contributed by atoms with Gasteiger partial charge in [-0.05, 0) is 61.8 Å². The molecule has 0 aliphatic carbocycles. The molecule has 0 bridgehead atoms. The lowest BCUT2D eigenvalue weighted by molar-refractivity contribution is -0.143. The molecule has 2 heterocycles. The van der Waals surface area contributed by atoms with E-state index in [-0.39, 0.29) is 11.7 Å². The number of thiocarbonyl (C=S) groups is 1. The summed E-state index contributed by atoms with van der Waals surface area (Å²) >= 11 is 7.04. The van der Waals surface area contributed by atoms with Gasteiger partial charge in [0.15, 0.2) is 10.9 Å². The number of anilines is 1. The van der Waals surface area contributed by atoms with Crippen LogP contribution in [0.25, 0.3) is 10.4 Å². The first-order valence-electron chi connectivity index (χ1n) is 9.21. The summed E-state index contributed by atoms with van der Waals surface area (Å²) in [6, 6.07) is 7.45. The number of carbonyl (C=O) groups is 1. The average molecular weight is 434 g/mol. The molecule has 9 heteroatoms.